The van der Waals surface area contributed by atoms with E-state index in [4.69, 9.17) is 9.47 Å². The molecule has 0 spiro atoms. The number of benzene rings is 1. The van der Waals surface area contributed by atoms with E-state index in [9.17, 15) is 14.4 Å². The van der Waals surface area contributed by atoms with Crippen LogP contribution in [0, 0.1) is 0 Å². The van der Waals surface area contributed by atoms with E-state index in [0.29, 0.717) is 23.8 Å². The summed E-state index contributed by atoms with van der Waals surface area (Å²) in [7, 11) is 0. The zero-order chi connectivity index (χ0) is 20.6. The normalized spacial score (nSPS) is 14.9. The van der Waals surface area contributed by atoms with Gasteiger partial charge in [0.1, 0.15) is 0 Å². The van der Waals surface area contributed by atoms with Crippen molar-refractivity contribution >= 4 is 40.4 Å². The summed E-state index contributed by atoms with van der Waals surface area (Å²) in [6.07, 6.45) is -0.933. The molecule has 1 saturated heterocycles. The van der Waals surface area contributed by atoms with E-state index in [-0.39, 0.29) is 18.6 Å². The number of anilines is 2. The number of nitrogens with zero attached hydrogens (tertiary/aromatic N) is 1. The number of esters is 1. The topological polar surface area (TPSA) is 84.9 Å². The van der Waals surface area contributed by atoms with Crippen molar-refractivity contribution in [3.05, 3.63) is 46.7 Å². The number of thiophene rings is 1. The number of nitrogens with one attached hydrogen (secondary N) is 1. The fourth-order valence-electron chi connectivity index (χ4n) is 2.91. The predicted molar refractivity (Wildman–Crippen MR) is 112 cm³/mol. The number of Topliss-reactive ketones (excluding diaryl/α,β-unsaturated/α-hetero) is 1. The Morgan fingerprint density at radius 3 is 2.52 bits per heavy atom. The molecule has 1 aromatic carbocycles. The lowest BCUT2D eigenvalue weighted by Gasteiger charge is -2.28. The zero-order valence-corrected chi connectivity index (χ0v) is 17.1. The highest BCUT2D eigenvalue weighted by Crippen LogP contribution is 2.19. The lowest BCUT2D eigenvalue weighted by Crippen LogP contribution is -2.36. The number of hydrogen-bond donors (Lipinski definition) is 1. The van der Waals surface area contributed by atoms with Gasteiger partial charge in [-0.1, -0.05) is 6.07 Å². The average Bonchev–Trinajstić information content (AvgIpc) is 3.28. The second-order valence-corrected chi connectivity index (χ2v) is 7.62. The second kappa shape index (κ2) is 10.2. The molecule has 1 unspecified atom stereocenters. The maximum Gasteiger partial charge on any atom is 0.307 e. The minimum Gasteiger partial charge on any atom is -0.453 e. The van der Waals surface area contributed by atoms with Crippen LogP contribution in [0.25, 0.3) is 0 Å². The third kappa shape index (κ3) is 6.13. The fourth-order valence-corrected chi connectivity index (χ4v) is 3.60. The number of morpholine rings is 1. The summed E-state index contributed by atoms with van der Waals surface area (Å²) in [6.45, 7) is 4.61. The van der Waals surface area contributed by atoms with E-state index in [1.807, 2.05) is 29.6 Å². The Morgan fingerprint density at radius 1 is 1.14 bits per heavy atom. The highest BCUT2D eigenvalue weighted by atomic mass is 32.1. The van der Waals surface area contributed by atoms with Crippen LogP contribution in [0.5, 0.6) is 0 Å². The number of carbonyl (C=O) groups excluding carboxylic acids is 3. The molecule has 1 N–H and O–H groups in total. The van der Waals surface area contributed by atoms with Crippen LogP contribution >= 0.6 is 11.3 Å². The molecule has 1 amide bonds. The molecule has 0 aliphatic carbocycles. The molecular weight excluding hydrogens is 392 g/mol. The van der Waals surface area contributed by atoms with Gasteiger partial charge < -0.3 is 19.7 Å². The van der Waals surface area contributed by atoms with Gasteiger partial charge in [0.2, 0.25) is 0 Å². The van der Waals surface area contributed by atoms with Crippen molar-refractivity contribution in [2.45, 2.75) is 25.9 Å². The van der Waals surface area contributed by atoms with E-state index in [0.717, 1.165) is 18.8 Å². The van der Waals surface area contributed by atoms with Crippen LogP contribution in [0.15, 0.2) is 41.8 Å². The first-order valence-corrected chi connectivity index (χ1v) is 10.4. The van der Waals surface area contributed by atoms with Gasteiger partial charge >= 0.3 is 5.97 Å². The molecule has 0 saturated carbocycles. The van der Waals surface area contributed by atoms with Crippen LogP contribution < -0.4 is 10.2 Å². The molecule has 1 fully saturated rings. The lowest BCUT2D eigenvalue weighted by molar-refractivity contribution is -0.153. The summed E-state index contributed by atoms with van der Waals surface area (Å²) < 4.78 is 10.5. The van der Waals surface area contributed by atoms with Crippen molar-refractivity contribution in [2.75, 3.05) is 36.5 Å². The highest BCUT2D eigenvalue weighted by molar-refractivity contribution is 7.12. The van der Waals surface area contributed by atoms with Gasteiger partial charge in [0.25, 0.3) is 5.91 Å². The lowest BCUT2D eigenvalue weighted by atomic mass is 10.2. The average molecular weight is 416 g/mol. The van der Waals surface area contributed by atoms with Gasteiger partial charge in [-0.2, -0.15) is 0 Å². The van der Waals surface area contributed by atoms with E-state index < -0.39 is 18.0 Å². The monoisotopic (exact) mass is 416 g/mol. The summed E-state index contributed by atoms with van der Waals surface area (Å²) in [6, 6.07) is 11.0. The first-order valence-electron chi connectivity index (χ1n) is 9.53. The minimum absolute atomic E-state index is 0.0530. The number of rotatable bonds is 8. The molecule has 1 aromatic heterocycles. The molecule has 8 heteroatoms. The number of amides is 1. The fraction of sp³-hybridized carbons (Fsp3) is 0.381. The number of carbonyl (C=O) groups is 3. The Balaban J connectivity index is 1.43. The Morgan fingerprint density at radius 2 is 1.86 bits per heavy atom. The highest BCUT2D eigenvalue weighted by Gasteiger charge is 2.19. The maximum absolute atomic E-state index is 12.3. The van der Waals surface area contributed by atoms with Crippen molar-refractivity contribution in [1.29, 1.82) is 0 Å². The molecule has 2 aromatic rings. The molecule has 2 heterocycles. The number of hydrogen-bond acceptors (Lipinski definition) is 7. The van der Waals surface area contributed by atoms with E-state index in [1.165, 1.54) is 18.3 Å². The summed E-state index contributed by atoms with van der Waals surface area (Å²) in [5.41, 5.74) is 1.70. The Hall–Kier alpha value is -2.71. The van der Waals surface area contributed by atoms with Crippen molar-refractivity contribution in [2.24, 2.45) is 0 Å². The molecule has 29 heavy (non-hydrogen) atoms. The molecular formula is C21H24N2O5S. The van der Waals surface area contributed by atoms with Gasteiger partial charge in [-0.3, -0.25) is 14.4 Å². The minimum atomic E-state index is -0.946. The molecule has 1 aliphatic rings. The smallest absolute Gasteiger partial charge is 0.307 e. The molecule has 0 bridgehead atoms. The van der Waals surface area contributed by atoms with Gasteiger partial charge in [0, 0.05) is 30.9 Å². The van der Waals surface area contributed by atoms with Crippen molar-refractivity contribution in [1.82, 2.24) is 0 Å². The summed E-state index contributed by atoms with van der Waals surface area (Å²) >= 11 is 1.34. The molecule has 1 atom stereocenters. The standard InChI is InChI=1S/C21H24N2O5S/c1-15(28-20(25)9-8-18(24)19-3-2-14-29-19)21(26)22-16-4-6-17(7-5-16)23-10-12-27-13-11-23/h2-7,14-15H,8-13H2,1H3,(H,22,26). The summed E-state index contributed by atoms with van der Waals surface area (Å²) in [5, 5.41) is 4.55. The molecule has 1 aliphatic heterocycles. The third-order valence-electron chi connectivity index (χ3n) is 4.54. The SMILES string of the molecule is CC(OC(=O)CCC(=O)c1cccs1)C(=O)Nc1ccc(N2CCOCC2)cc1. The Bertz CT molecular complexity index is 829. The van der Waals surface area contributed by atoms with Gasteiger partial charge in [-0.05, 0) is 42.6 Å². The number of ether oxygens (including phenoxy) is 2. The quantitative estimate of drug-likeness (QED) is 0.526. The van der Waals surface area contributed by atoms with Crippen LogP contribution in [0.3, 0.4) is 0 Å². The van der Waals surface area contributed by atoms with E-state index >= 15 is 0 Å². The van der Waals surface area contributed by atoms with E-state index in [1.54, 1.807) is 12.1 Å². The number of ketones is 1. The molecule has 0 radical (unpaired) electrons. The summed E-state index contributed by atoms with van der Waals surface area (Å²) in [4.78, 5) is 39.0. The largest absolute Gasteiger partial charge is 0.453 e. The van der Waals surface area contributed by atoms with Crippen LogP contribution in [-0.4, -0.2) is 50.1 Å². The predicted octanol–water partition coefficient (Wildman–Crippen LogP) is 3.12. The van der Waals surface area contributed by atoms with Crippen LogP contribution in [0.4, 0.5) is 11.4 Å². The molecule has 3 rings (SSSR count). The van der Waals surface area contributed by atoms with Gasteiger partial charge in [0.05, 0.1) is 24.5 Å². The second-order valence-electron chi connectivity index (χ2n) is 6.67. The van der Waals surface area contributed by atoms with E-state index in [2.05, 4.69) is 10.2 Å². The first-order chi connectivity index (χ1) is 14.0. The Labute approximate surface area is 173 Å². The zero-order valence-electron chi connectivity index (χ0n) is 16.3. The van der Waals surface area contributed by atoms with Gasteiger partial charge in [-0.25, -0.2) is 0 Å². The summed E-state index contributed by atoms with van der Waals surface area (Å²) in [5.74, 6) is -1.09. The van der Waals surface area contributed by atoms with Gasteiger partial charge in [0.15, 0.2) is 11.9 Å². The third-order valence-corrected chi connectivity index (χ3v) is 5.45. The first kappa shape index (κ1) is 21.0. The van der Waals surface area contributed by atoms with Crippen molar-refractivity contribution < 1.29 is 23.9 Å². The van der Waals surface area contributed by atoms with Crippen LogP contribution in [0.1, 0.15) is 29.4 Å². The molecule has 7 nitrogen and oxygen atoms in total. The van der Waals surface area contributed by atoms with Gasteiger partial charge in [-0.15, -0.1) is 11.3 Å². The maximum atomic E-state index is 12.3. The van der Waals surface area contributed by atoms with Crippen molar-refractivity contribution in [3.63, 3.8) is 0 Å². The van der Waals surface area contributed by atoms with Crippen LogP contribution in [-0.2, 0) is 19.1 Å². The Kier molecular flexibility index (Phi) is 7.37. The van der Waals surface area contributed by atoms with Crippen molar-refractivity contribution in [3.8, 4) is 0 Å². The molecule has 154 valence electrons. The van der Waals surface area contributed by atoms with Crippen LogP contribution in [0.2, 0.25) is 0 Å².